The molecule has 5 atom stereocenters. The van der Waals surface area contributed by atoms with Gasteiger partial charge in [-0.1, -0.05) is 18.2 Å². The molecule has 1 saturated heterocycles. The number of carbonyl (C=O) groups is 1. The van der Waals surface area contributed by atoms with E-state index < -0.39 is 12.0 Å². The van der Waals surface area contributed by atoms with Gasteiger partial charge in [-0.15, -0.1) is 0 Å². The second-order valence-corrected chi connectivity index (χ2v) is 8.54. The van der Waals surface area contributed by atoms with Gasteiger partial charge in [0.15, 0.2) is 11.5 Å². The summed E-state index contributed by atoms with van der Waals surface area (Å²) in [6.45, 7) is 1.01. The van der Waals surface area contributed by atoms with Crippen molar-refractivity contribution in [2.24, 2.45) is 11.7 Å². The first-order valence-corrected chi connectivity index (χ1v) is 10.2. The van der Waals surface area contributed by atoms with E-state index in [9.17, 15) is 15.0 Å². The minimum absolute atomic E-state index is 0.160. The quantitative estimate of drug-likeness (QED) is 0.617. The molecule has 2 aliphatic carbocycles. The molecule has 3 heterocycles. The highest BCUT2D eigenvalue weighted by molar-refractivity contribution is 5.92. The molecule has 7 nitrogen and oxygen atoms in total. The van der Waals surface area contributed by atoms with Crippen molar-refractivity contribution >= 4 is 5.91 Å². The molecular formula is C23H25N3O4. The smallest absolute Gasteiger partial charge is 0.250 e. The van der Waals surface area contributed by atoms with E-state index >= 15 is 0 Å². The van der Waals surface area contributed by atoms with Gasteiger partial charge in [0.2, 0.25) is 5.91 Å². The number of amides is 1. The Hall–Kier alpha value is -2.90. The summed E-state index contributed by atoms with van der Waals surface area (Å²) in [6, 6.07) is 7.51. The molecular weight excluding hydrogens is 382 g/mol. The highest BCUT2D eigenvalue weighted by Gasteiger charge is 2.64. The summed E-state index contributed by atoms with van der Waals surface area (Å²) in [5.41, 5.74) is 7.67. The molecule has 4 aliphatic rings. The minimum Gasteiger partial charge on any atom is -0.504 e. The number of piperidine rings is 1. The zero-order chi connectivity index (χ0) is 21.0. The van der Waals surface area contributed by atoms with Crippen LogP contribution in [0.15, 0.2) is 48.8 Å². The maximum Gasteiger partial charge on any atom is 0.250 e. The van der Waals surface area contributed by atoms with E-state index in [1.807, 2.05) is 12.1 Å². The number of phenols is 1. The molecule has 2 bridgehead atoms. The van der Waals surface area contributed by atoms with Crippen LogP contribution in [0.4, 0.5) is 0 Å². The number of aromatic hydroxyl groups is 1. The van der Waals surface area contributed by atoms with E-state index in [0.29, 0.717) is 23.3 Å². The zero-order valence-corrected chi connectivity index (χ0v) is 16.7. The molecule has 1 spiro atoms. The van der Waals surface area contributed by atoms with Crippen LogP contribution in [-0.4, -0.2) is 57.8 Å². The number of benzene rings is 1. The minimum atomic E-state index is -0.594. The maximum atomic E-state index is 10.4. The fraction of sp³-hybridized carbons (Fsp3) is 0.391. The number of nitrogens with zero attached hydrogens (tertiary/aromatic N) is 2. The zero-order valence-electron chi connectivity index (χ0n) is 16.7. The van der Waals surface area contributed by atoms with Crippen LogP contribution >= 0.6 is 0 Å². The summed E-state index contributed by atoms with van der Waals surface area (Å²) in [5, 5.41) is 20.6. The normalized spacial score (nSPS) is 32.5. The number of hydrogen-bond acceptors (Lipinski definition) is 6. The topological polar surface area (TPSA) is 109 Å². The van der Waals surface area contributed by atoms with Crippen LogP contribution in [0.2, 0.25) is 0 Å². The number of pyridine rings is 1. The molecule has 0 unspecified atom stereocenters. The van der Waals surface area contributed by atoms with Crippen LogP contribution in [0.1, 0.15) is 27.9 Å². The first-order chi connectivity index (χ1) is 14.4. The first-order valence-electron chi connectivity index (χ1n) is 10.2. The molecule has 1 aromatic carbocycles. The third kappa shape index (κ3) is 2.58. The lowest BCUT2D eigenvalue weighted by atomic mass is 9.53. The molecule has 30 heavy (non-hydrogen) atoms. The second-order valence-electron chi connectivity index (χ2n) is 8.54. The molecule has 7 heteroatoms. The fourth-order valence-corrected chi connectivity index (χ4v) is 5.75. The SMILES string of the molecule is CN1CC[C@]23c4c5ccc(O)c4O[C@H]2[C@@H](O)C=C[C@H]3[C@H]1C5.NC(=O)c1cccnc1. The van der Waals surface area contributed by atoms with E-state index in [4.69, 9.17) is 10.5 Å². The van der Waals surface area contributed by atoms with Crippen LogP contribution in [0, 0.1) is 5.92 Å². The van der Waals surface area contributed by atoms with Crippen LogP contribution in [0.3, 0.4) is 0 Å². The molecule has 4 N–H and O–H groups in total. The molecule has 0 saturated carbocycles. The third-order valence-corrected chi connectivity index (χ3v) is 7.10. The van der Waals surface area contributed by atoms with Crippen molar-refractivity contribution in [3.05, 3.63) is 65.5 Å². The van der Waals surface area contributed by atoms with Crippen molar-refractivity contribution in [2.75, 3.05) is 13.6 Å². The monoisotopic (exact) mass is 407 g/mol. The lowest BCUT2D eigenvalue weighted by Gasteiger charge is -2.56. The van der Waals surface area contributed by atoms with Crippen molar-refractivity contribution in [3.63, 3.8) is 0 Å². The van der Waals surface area contributed by atoms with Crippen molar-refractivity contribution in [2.45, 2.75) is 36.5 Å². The highest BCUT2D eigenvalue weighted by atomic mass is 16.5. The molecule has 1 amide bonds. The highest BCUT2D eigenvalue weighted by Crippen LogP contribution is 2.62. The van der Waals surface area contributed by atoms with Crippen molar-refractivity contribution in [1.29, 1.82) is 0 Å². The number of aliphatic hydroxyl groups excluding tert-OH is 1. The molecule has 2 aromatic rings. The average molecular weight is 407 g/mol. The molecule has 1 fully saturated rings. The lowest BCUT2D eigenvalue weighted by Crippen LogP contribution is -2.64. The number of aliphatic hydroxyl groups is 1. The molecule has 1 aromatic heterocycles. The number of nitrogens with two attached hydrogens (primary N) is 1. The Morgan fingerprint density at radius 3 is 2.87 bits per heavy atom. The van der Waals surface area contributed by atoms with Gasteiger partial charge in [-0.2, -0.15) is 0 Å². The Morgan fingerprint density at radius 2 is 2.17 bits per heavy atom. The predicted octanol–water partition coefficient (Wildman–Crippen LogP) is 1.38. The Morgan fingerprint density at radius 1 is 1.33 bits per heavy atom. The van der Waals surface area contributed by atoms with Crippen LogP contribution in [0.5, 0.6) is 11.5 Å². The van der Waals surface area contributed by atoms with Crippen molar-refractivity contribution in [1.82, 2.24) is 9.88 Å². The standard InChI is InChI=1S/C17H19NO3.C6H6N2O/c1-18-7-6-17-10-3-5-13(20)16(17)21-15-12(19)4-2-9(14(15)17)8-11(10)18;7-6(9)5-2-1-3-8-4-5/h2-5,10-11,13,16,19-20H,6-8H2,1H3;1-4H,(H2,7,9)/t10-,11+,13-,16-,17-;/m0./s1. The maximum absolute atomic E-state index is 10.4. The van der Waals surface area contributed by atoms with Gasteiger partial charge in [0.25, 0.3) is 0 Å². The van der Waals surface area contributed by atoms with E-state index in [1.165, 1.54) is 17.3 Å². The number of rotatable bonds is 1. The summed E-state index contributed by atoms with van der Waals surface area (Å²) in [4.78, 5) is 16.5. The molecule has 156 valence electrons. The van der Waals surface area contributed by atoms with Gasteiger partial charge in [-0.3, -0.25) is 9.78 Å². The molecule has 2 aliphatic heterocycles. The number of ether oxygens (including phenoxy) is 1. The van der Waals surface area contributed by atoms with Gasteiger partial charge < -0.3 is 25.6 Å². The van der Waals surface area contributed by atoms with Crippen LogP contribution < -0.4 is 10.5 Å². The number of aromatic nitrogens is 1. The summed E-state index contributed by atoms with van der Waals surface area (Å²) in [5.74, 6) is 0.748. The van der Waals surface area contributed by atoms with Crippen LogP contribution in [-0.2, 0) is 11.8 Å². The average Bonchev–Trinajstić information content (AvgIpc) is 3.11. The Balaban J connectivity index is 0.000000182. The molecule has 0 radical (unpaired) electrons. The second kappa shape index (κ2) is 6.82. The van der Waals surface area contributed by atoms with E-state index in [2.05, 4.69) is 23.0 Å². The van der Waals surface area contributed by atoms with Gasteiger partial charge in [0.05, 0.1) is 5.56 Å². The number of likely N-dealkylation sites (N-methyl/N-ethyl adjacent to an activating group) is 1. The van der Waals surface area contributed by atoms with Crippen molar-refractivity contribution in [3.8, 4) is 11.5 Å². The van der Waals surface area contributed by atoms with Gasteiger partial charge in [0, 0.05) is 35.3 Å². The summed E-state index contributed by atoms with van der Waals surface area (Å²) in [6.07, 6.45) is 8.20. The van der Waals surface area contributed by atoms with Gasteiger partial charge in [0.1, 0.15) is 12.2 Å². The Kier molecular flexibility index (Phi) is 4.34. The Labute approximate surface area is 174 Å². The van der Waals surface area contributed by atoms with Crippen molar-refractivity contribution < 1.29 is 19.7 Å². The van der Waals surface area contributed by atoms with E-state index in [-0.39, 0.29) is 17.3 Å². The Bertz CT molecular complexity index is 1020. The largest absolute Gasteiger partial charge is 0.504 e. The number of primary amides is 1. The summed E-state index contributed by atoms with van der Waals surface area (Å²) in [7, 11) is 2.19. The number of likely N-dealkylation sites (tertiary alicyclic amines) is 1. The number of hydrogen-bond donors (Lipinski definition) is 3. The number of phenolic OH excluding ortho intramolecular Hbond substituents is 1. The van der Waals surface area contributed by atoms with E-state index in [0.717, 1.165) is 19.4 Å². The van der Waals surface area contributed by atoms with E-state index in [1.54, 1.807) is 24.4 Å². The fourth-order valence-electron chi connectivity index (χ4n) is 5.75. The number of carbonyl (C=O) groups excluding carboxylic acids is 1. The lowest BCUT2D eigenvalue weighted by molar-refractivity contribution is -0.0453. The summed E-state index contributed by atoms with van der Waals surface area (Å²) >= 11 is 0. The van der Waals surface area contributed by atoms with Gasteiger partial charge in [-0.25, -0.2) is 0 Å². The van der Waals surface area contributed by atoms with Gasteiger partial charge in [-0.05, 0) is 50.2 Å². The van der Waals surface area contributed by atoms with Crippen LogP contribution in [0.25, 0.3) is 0 Å². The molecule has 6 rings (SSSR count). The predicted molar refractivity (Wildman–Crippen MR) is 110 cm³/mol. The summed E-state index contributed by atoms with van der Waals surface area (Å²) < 4.78 is 6.09. The third-order valence-electron chi connectivity index (χ3n) is 7.10. The van der Waals surface area contributed by atoms with Gasteiger partial charge >= 0.3 is 0 Å². The first kappa shape index (κ1) is 19.1.